The number of para-hydroxylation sites is 1. The predicted molar refractivity (Wildman–Crippen MR) is 268 cm³/mol. The number of hydrogen-bond acceptors (Lipinski definition) is 3. The van der Waals surface area contributed by atoms with Crippen LogP contribution in [0.4, 0.5) is 0 Å². The number of benzene rings is 7. The van der Waals surface area contributed by atoms with Crippen molar-refractivity contribution in [3.63, 3.8) is 0 Å². The minimum atomic E-state index is -0.338. The second kappa shape index (κ2) is 17.6. The molecule has 0 aliphatic rings. The third-order valence-electron chi connectivity index (χ3n) is 12.3. The van der Waals surface area contributed by atoms with Gasteiger partial charge in [0.2, 0.25) is 0 Å². The minimum absolute atomic E-state index is 0. The maximum absolute atomic E-state index is 12.6. The van der Waals surface area contributed by atoms with E-state index in [1.807, 2.05) is 12.3 Å². The normalized spacial score (nSPS) is 12.0. The van der Waals surface area contributed by atoms with E-state index in [9.17, 15) is 5.11 Å². The number of aromatic hydroxyl groups is 1. The van der Waals surface area contributed by atoms with Gasteiger partial charge in [-0.2, -0.15) is 0 Å². The van der Waals surface area contributed by atoms with Crippen molar-refractivity contribution in [2.75, 3.05) is 0 Å². The Bertz CT molecular complexity index is 3150. The summed E-state index contributed by atoms with van der Waals surface area (Å²) in [6, 6.07) is 61.6. The molecule has 0 saturated heterocycles. The summed E-state index contributed by atoms with van der Waals surface area (Å²) in [5, 5.41) is 12.6. The number of hydrogen-bond donors (Lipinski definition) is 1. The molecule has 4 nitrogen and oxygen atoms in total. The average molecular weight is 1030 g/mol. The van der Waals surface area contributed by atoms with Crippen molar-refractivity contribution < 1.29 is 26.2 Å². The van der Waals surface area contributed by atoms with Gasteiger partial charge in [0.15, 0.2) is 0 Å². The Labute approximate surface area is 399 Å². The molecule has 7 aromatic carbocycles. The Kier molecular flexibility index (Phi) is 12.2. The van der Waals surface area contributed by atoms with Gasteiger partial charge in [-0.25, -0.2) is 4.98 Å². The summed E-state index contributed by atoms with van der Waals surface area (Å²) in [6.45, 7) is 19.9. The van der Waals surface area contributed by atoms with E-state index in [1.54, 1.807) is 0 Å². The molecule has 0 bridgehead atoms. The molecule has 65 heavy (non-hydrogen) atoms. The molecule has 9 rings (SSSR count). The van der Waals surface area contributed by atoms with Crippen LogP contribution in [0.2, 0.25) is 0 Å². The molecule has 0 atom stereocenters. The third-order valence-corrected chi connectivity index (χ3v) is 12.3. The van der Waals surface area contributed by atoms with E-state index in [1.165, 1.54) is 5.56 Å². The standard InChI is InChI=1S/C60H56N3O.Pt/c1-58(2,3)46-32-44(31-45(33-46)52-35-42(29-30-61-52)39-21-13-10-14-22-39)49-34-43(40-23-15-11-16-24-40)36-54-55(49)62-57(50-37-47(59(4,5)6)38-51(56(50)64)60(7,8)9)63(54)53-28-20-19-27-48(53)41-25-17-12-18-26-41;/h10-30,32-38,64H,1-9H3;/q-1;. The fraction of sp³-hybridized carbons (Fsp3) is 0.200. The maximum Gasteiger partial charge on any atom is 0.148 e. The third kappa shape index (κ3) is 9.02. The molecule has 2 heterocycles. The number of phenolic OH excluding ortho intramolecular Hbond substituents is 1. The Morgan fingerprint density at radius 2 is 1.03 bits per heavy atom. The van der Waals surface area contributed by atoms with Crippen molar-refractivity contribution in [3.05, 3.63) is 193 Å². The first-order chi connectivity index (χ1) is 30.5. The molecule has 0 aliphatic heterocycles. The van der Waals surface area contributed by atoms with Crippen LogP contribution in [0.5, 0.6) is 5.75 Å². The average Bonchev–Trinajstić information content (AvgIpc) is 3.67. The molecule has 9 aromatic rings. The van der Waals surface area contributed by atoms with Gasteiger partial charge >= 0.3 is 0 Å². The number of aromatic nitrogens is 3. The van der Waals surface area contributed by atoms with Gasteiger partial charge in [-0.15, -0.1) is 29.3 Å². The van der Waals surface area contributed by atoms with Crippen LogP contribution in [0.25, 0.3) is 83.9 Å². The molecule has 0 amide bonds. The monoisotopic (exact) mass is 1030 g/mol. The fourth-order valence-corrected chi connectivity index (χ4v) is 8.62. The first kappa shape index (κ1) is 45.2. The van der Waals surface area contributed by atoms with Gasteiger partial charge in [-0.1, -0.05) is 201 Å². The molecule has 1 N–H and O–H groups in total. The summed E-state index contributed by atoms with van der Waals surface area (Å²) in [5.41, 5.74) is 16.0. The Morgan fingerprint density at radius 3 is 1.65 bits per heavy atom. The minimum Gasteiger partial charge on any atom is -0.507 e. The van der Waals surface area contributed by atoms with Gasteiger partial charge in [0.1, 0.15) is 11.6 Å². The summed E-state index contributed by atoms with van der Waals surface area (Å²) < 4.78 is 2.28. The first-order valence-corrected chi connectivity index (χ1v) is 22.3. The number of pyridine rings is 1. The van der Waals surface area contributed by atoms with Gasteiger partial charge in [-0.05, 0) is 73.9 Å². The van der Waals surface area contributed by atoms with E-state index < -0.39 is 0 Å². The van der Waals surface area contributed by atoms with Crippen LogP contribution in [0.15, 0.2) is 170 Å². The van der Waals surface area contributed by atoms with E-state index in [2.05, 4.69) is 231 Å². The number of rotatable bonds is 7. The molecular weight excluding hydrogens is 974 g/mol. The van der Waals surface area contributed by atoms with Crippen LogP contribution in [0.3, 0.4) is 0 Å². The Morgan fingerprint density at radius 1 is 0.477 bits per heavy atom. The molecule has 0 spiro atoms. The van der Waals surface area contributed by atoms with Crippen LogP contribution in [-0.4, -0.2) is 19.6 Å². The zero-order chi connectivity index (χ0) is 45.0. The predicted octanol–water partition coefficient (Wildman–Crippen LogP) is 15.8. The summed E-state index contributed by atoms with van der Waals surface area (Å²) in [4.78, 5) is 10.7. The molecule has 328 valence electrons. The number of nitrogens with zero attached hydrogens (tertiary/aromatic N) is 3. The Hall–Kier alpha value is -6.35. The smallest absolute Gasteiger partial charge is 0.148 e. The second-order valence-corrected chi connectivity index (χ2v) is 20.1. The summed E-state index contributed by atoms with van der Waals surface area (Å²) >= 11 is 0. The first-order valence-electron chi connectivity index (χ1n) is 22.3. The van der Waals surface area contributed by atoms with Crippen LogP contribution >= 0.6 is 0 Å². The van der Waals surface area contributed by atoms with Crippen molar-refractivity contribution in [2.24, 2.45) is 0 Å². The molecule has 0 unspecified atom stereocenters. The summed E-state index contributed by atoms with van der Waals surface area (Å²) in [7, 11) is 0. The molecule has 0 aliphatic carbocycles. The largest absolute Gasteiger partial charge is 0.507 e. The van der Waals surface area contributed by atoms with Gasteiger partial charge in [0, 0.05) is 44.1 Å². The van der Waals surface area contributed by atoms with Crippen molar-refractivity contribution in [1.29, 1.82) is 0 Å². The van der Waals surface area contributed by atoms with E-state index >= 15 is 0 Å². The van der Waals surface area contributed by atoms with E-state index in [-0.39, 0.29) is 43.1 Å². The zero-order valence-electron chi connectivity index (χ0n) is 38.8. The Balaban J connectivity index is 0.00000576. The van der Waals surface area contributed by atoms with Crippen LogP contribution in [0, 0.1) is 6.07 Å². The van der Waals surface area contributed by atoms with Gasteiger partial charge in [-0.3, -0.25) is 9.55 Å². The van der Waals surface area contributed by atoms with E-state index in [4.69, 9.17) is 9.97 Å². The summed E-state index contributed by atoms with van der Waals surface area (Å²) in [6.07, 6.45) is 1.89. The molecular formula is C60H56N3OPt-. The van der Waals surface area contributed by atoms with Crippen LogP contribution in [0.1, 0.15) is 79.0 Å². The summed E-state index contributed by atoms with van der Waals surface area (Å²) in [5.74, 6) is 0.912. The SMILES string of the molecule is CC(C)(C)c1cc(-c2cc(-c3ccccc3)ccn2)[c-]c(-c2cc(-c3ccccc3)cc3c2nc(-c2cc(C(C)(C)C)cc(C(C)(C)C)c2O)n3-c2ccccc2-c2ccccc2)c1.[Pt]. The zero-order valence-corrected chi connectivity index (χ0v) is 41.0. The quantitative estimate of drug-likeness (QED) is 0.162. The van der Waals surface area contributed by atoms with Crippen LogP contribution < -0.4 is 0 Å². The van der Waals surface area contributed by atoms with Crippen molar-refractivity contribution >= 4 is 11.0 Å². The molecule has 0 radical (unpaired) electrons. The van der Waals surface area contributed by atoms with E-state index in [0.29, 0.717) is 11.4 Å². The number of fused-ring (bicyclic) bond motifs is 1. The number of imidazole rings is 1. The molecule has 0 saturated carbocycles. The maximum atomic E-state index is 12.6. The van der Waals surface area contributed by atoms with Crippen molar-refractivity contribution in [2.45, 2.75) is 78.6 Å². The molecule has 5 heteroatoms. The van der Waals surface area contributed by atoms with Gasteiger partial charge < -0.3 is 5.11 Å². The van der Waals surface area contributed by atoms with Crippen molar-refractivity contribution in [3.8, 4) is 78.6 Å². The van der Waals surface area contributed by atoms with Crippen molar-refractivity contribution in [1.82, 2.24) is 14.5 Å². The molecule has 0 fully saturated rings. The fourth-order valence-electron chi connectivity index (χ4n) is 8.62. The topological polar surface area (TPSA) is 50.9 Å². The second-order valence-electron chi connectivity index (χ2n) is 20.1. The van der Waals surface area contributed by atoms with Gasteiger partial charge in [0.05, 0.1) is 22.3 Å². The number of phenols is 1. The van der Waals surface area contributed by atoms with Gasteiger partial charge in [0.25, 0.3) is 0 Å². The van der Waals surface area contributed by atoms with Crippen LogP contribution in [-0.2, 0) is 37.3 Å². The molecule has 2 aromatic heterocycles. The van der Waals surface area contributed by atoms with E-state index in [0.717, 1.165) is 83.6 Å².